The van der Waals surface area contributed by atoms with Crippen LogP contribution in [0.5, 0.6) is 17.2 Å². The number of H-pyrrole nitrogens is 1. The zero-order valence-electron chi connectivity index (χ0n) is 16.0. The van der Waals surface area contributed by atoms with Gasteiger partial charge in [-0.05, 0) is 64.0 Å². The van der Waals surface area contributed by atoms with E-state index in [9.17, 15) is 4.79 Å². The fourth-order valence-corrected chi connectivity index (χ4v) is 3.14. The fraction of sp³-hybridized carbons (Fsp3) is 0.150. The number of aromatic nitrogens is 2. The van der Waals surface area contributed by atoms with Gasteiger partial charge < -0.3 is 14.2 Å². The number of hydrogen-bond acceptors (Lipinski definition) is 6. The number of amides is 1. The molecule has 0 aliphatic heterocycles. The molecule has 0 spiro atoms. The van der Waals surface area contributed by atoms with Gasteiger partial charge in [-0.3, -0.25) is 9.89 Å². The number of nitrogens with zero attached hydrogens (tertiary/aromatic N) is 2. The van der Waals surface area contributed by atoms with Crippen LogP contribution in [0.2, 0.25) is 0 Å². The first-order chi connectivity index (χ1) is 14.0. The smallest absolute Gasteiger partial charge is 0.289 e. The Morgan fingerprint density at radius 2 is 1.83 bits per heavy atom. The molecule has 0 fully saturated rings. The monoisotopic (exact) mass is 458 g/mol. The maximum atomic E-state index is 12.3. The molecule has 0 saturated heterocycles. The van der Waals surface area contributed by atoms with Gasteiger partial charge in [-0.1, -0.05) is 0 Å². The van der Waals surface area contributed by atoms with Gasteiger partial charge in [0, 0.05) is 5.56 Å². The summed E-state index contributed by atoms with van der Waals surface area (Å²) in [5.74, 6) is 1.57. The number of carbonyl (C=O) groups excluding carboxylic acids is 1. The fourth-order valence-electron chi connectivity index (χ4n) is 2.58. The Balaban J connectivity index is 1.72. The highest BCUT2D eigenvalue weighted by atomic mass is 79.9. The molecular weight excluding hydrogens is 440 g/mol. The van der Waals surface area contributed by atoms with E-state index in [4.69, 9.17) is 14.2 Å². The highest BCUT2D eigenvalue weighted by Gasteiger charge is 2.14. The molecule has 1 heterocycles. The molecule has 29 heavy (non-hydrogen) atoms. The Labute approximate surface area is 176 Å². The topological polar surface area (TPSA) is 97.8 Å². The molecule has 0 aliphatic rings. The van der Waals surface area contributed by atoms with Crippen molar-refractivity contribution in [1.29, 1.82) is 0 Å². The molecule has 0 aliphatic carbocycles. The summed E-state index contributed by atoms with van der Waals surface area (Å²) in [5, 5.41) is 10.9. The normalized spacial score (nSPS) is 10.8. The predicted octanol–water partition coefficient (Wildman–Crippen LogP) is 3.63. The van der Waals surface area contributed by atoms with Crippen LogP contribution in [-0.4, -0.2) is 43.6 Å². The number of rotatable bonds is 7. The standard InChI is InChI=1S/C20H19BrN4O4/c1-27-13-5-7-18(28-2)14(9-13)16-10-17(24-23-16)20(26)25-22-11-12-4-6-19(29-3)15(21)8-12/h4-11H,1-3H3,(H,23,24)(H,25,26). The van der Waals surface area contributed by atoms with Gasteiger partial charge in [0.25, 0.3) is 5.91 Å². The highest BCUT2D eigenvalue weighted by Crippen LogP contribution is 2.32. The van der Waals surface area contributed by atoms with Gasteiger partial charge in [-0.2, -0.15) is 10.2 Å². The largest absolute Gasteiger partial charge is 0.497 e. The van der Waals surface area contributed by atoms with E-state index in [1.54, 1.807) is 51.7 Å². The quantitative estimate of drug-likeness (QED) is 0.416. The van der Waals surface area contributed by atoms with Gasteiger partial charge in [0.2, 0.25) is 0 Å². The van der Waals surface area contributed by atoms with Crippen molar-refractivity contribution in [2.24, 2.45) is 5.10 Å². The van der Waals surface area contributed by atoms with E-state index in [2.05, 4.69) is 36.7 Å². The number of halogens is 1. The number of hydrazone groups is 1. The summed E-state index contributed by atoms with van der Waals surface area (Å²) in [7, 11) is 4.74. The van der Waals surface area contributed by atoms with E-state index in [1.807, 2.05) is 12.1 Å². The Morgan fingerprint density at radius 3 is 2.52 bits per heavy atom. The third-order valence-electron chi connectivity index (χ3n) is 4.06. The van der Waals surface area contributed by atoms with Crippen molar-refractivity contribution in [3.63, 3.8) is 0 Å². The first kappa shape index (κ1) is 20.4. The Hall–Kier alpha value is -3.33. The molecule has 0 bridgehead atoms. The van der Waals surface area contributed by atoms with Crippen LogP contribution in [0.1, 0.15) is 16.1 Å². The van der Waals surface area contributed by atoms with E-state index in [-0.39, 0.29) is 5.69 Å². The van der Waals surface area contributed by atoms with Crippen LogP contribution in [0.4, 0.5) is 0 Å². The van der Waals surface area contributed by atoms with Crippen molar-refractivity contribution in [3.05, 3.63) is 58.2 Å². The third-order valence-corrected chi connectivity index (χ3v) is 4.68. The average Bonchev–Trinajstić information content (AvgIpc) is 3.23. The number of aromatic amines is 1. The number of hydrogen-bond donors (Lipinski definition) is 2. The molecule has 150 valence electrons. The summed E-state index contributed by atoms with van der Waals surface area (Å²) in [6.07, 6.45) is 1.53. The van der Waals surface area contributed by atoms with Crippen LogP contribution in [-0.2, 0) is 0 Å². The van der Waals surface area contributed by atoms with Crippen molar-refractivity contribution in [1.82, 2.24) is 15.6 Å². The number of carbonyl (C=O) groups is 1. The van der Waals surface area contributed by atoms with Crippen LogP contribution < -0.4 is 19.6 Å². The summed E-state index contributed by atoms with van der Waals surface area (Å²) in [6.45, 7) is 0. The Bertz CT molecular complexity index is 1050. The lowest BCUT2D eigenvalue weighted by Crippen LogP contribution is -2.18. The average molecular weight is 459 g/mol. The molecule has 1 amide bonds. The van der Waals surface area contributed by atoms with Gasteiger partial charge in [-0.25, -0.2) is 5.43 Å². The first-order valence-electron chi connectivity index (χ1n) is 8.50. The molecule has 9 heteroatoms. The number of nitrogens with one attached hydrogen (secondary N) is 2. The highest BCUT2D eigenvalue weighted by molar-refractivity contribution is 9.10. The number of benzene rings is 2. The molecule has 2 N–H and O–H groups in total. The molecular formula is C20H19BrN4O4. The Morgan fingerprint density at radius 1 is 1.07 bits per heavy atom. The van der Waals surface area contributed by atoms with E-state index in [0.29, 0.717) is 28.5 Å². The molecule has 0 atom stereocenters. The second kappa shape index (κ2) is 9.24. The molecule has 3 aromatic rings. The van der Waals surface area contributed by atoms with Gasteiger partial charge in [0.05, 0.1) is 37.7 Å². The minimum atomic E-state index is -0.422. The SMILES string of the molecule is COc1ccc(OC)c(-c2cc(C(=O)NN=Cc3ccc(OC)c(Br)c3)[nH]n2)c1. The van der Waals surface area contributed by atoms with Gasteiger partial charge in [0.1, 0.15) is 22.9 Å². The minimum absolute atomic E-state index is 0.262. The summed E-state index contributed by atoms with van der Waals surface area (Å²) >= 11 is 3.41. The van der Waals surface area contributed by atoms with E-state index < -0.39 is 5.91 Å². The summed E-state index contributed by atoms with van der Waals surface area (Å²) < 4.78 is 16.6. The molecule has 0 radical (unpaired) electrons. The predicted molar refractivity (Wildman–Crippen MR) is 113 cm³/mol. The van der Waals surface area contributed by atoms with Gasteiger partial charge in [-0.15, -0.1) is 0 Å². The summed E-state index contributed by atoms with van der Waals surface area (Å²) in [6, 6.07) is 12.4. The molecule has 2 aromatic carbocycles. The second-order valence-electron chi connectivity index (χ2n) is 5.83. The van der Waals surface area contributed by atoms with Crippen LogP contribution in [0.15, 0.2) is 52.0 Å². The van der Waals surface area contributed by atoms with Crippen LogP contribution in [0.25, 0.3) is 11.3 Å². The van der Waals surface area contributed by atoms with Crippen molar-refractivity contribution >= 4 is 28.1 Å². The first-order valence-corrected chi connectivity index (χ1v) is 9.29. The third kappa shape index (κ3) is 4.75. The van der Waals surface area contributed by atoms with E-state index in [0.717, 1.165) is 10.0 Å². The zero-order chi connectivity index (χ0) is 20.8. The number of ether oxygens (including phenoxy) is 3. The van der Waals surface area contributed by atoms with E-state index >= 15 is 0 Å². The molecule has 1 aromatic heterocycles. The lowest BCUT2D eigenvalue weighted by Gasteiger charge is -2.08. The van der Waals surface area contributed by atoms with Crippen molar-refractivity contribution in [2.75, 3.05) is 21.3 Å². The summed E-state index contributed by atoms with van der Waals surface area (Å²) in [5.41, 5.74) is 4.78. The minimum Gasteiger partial charge on any atom is -0.497 e. The maximum absolute atomic E-state index is 12.3. The number of methoxy groups -OCH3 is 3. The lowest BCUT2D eigenvalue weighted by atomic mass is 10.1. The van der Waals surface area contributed by atoms with Crippen molar-refractivity contribution in [3.8, 4) is 28.5 Å². The molecule has 3 rings (SSSR count). The maximum Gasteiger partial charge on any atom is 0.289 e. The molecule has 0 saturated carbocycles. The van der Waals surface area contributed by atoms with Crippen molar-refractivity contribution < 1.29 is 19.0 Å². The van der Waals surface area contributed by atoms with Gasteiger partial charge >= 0.3 is 0 Å². The van der Waals surface area contributed by atoms with Crippen LogP contribution in [0.3, 0.4) is 0 Å². The molecule has 0 unspecified atom stereocenters. The van der Waals surface area contributed by atoms with Crippen molar-refractivity contribution in [2.45, 2.75) is 0 Å². The van der Waals surface area contributed by atoms with Crippen LogP contribution >= 0.6 is 15.9 Å². The summed E-state index contributed by atoms with van der Waals surface area (Å²) in [4.78, 5) is 12.3. The lowest BCUT2D eigenvalue weighted by molar-refractivity contribution is 0.0950. The Kier molecular flexibility index (Phi) is 6.50. The van der Waals surface area contributed by atoms with E-state index in [1.165, 1.54) is 6.21 Å². The van der Waals surface area contributed by atoms with Gasteiger partial charge in [0.15, 0.2) is 0 Å². The molecule has 8 nitrogen and oxygen atoms in total. The second-order valence-corrected chi connectivity index (χ2v) is 6.68. The van der Waals surface area contributed by atoms with Crippen LogP contribution in [0, 0.1) is 0 Å². The zero-order valence-corrected chi connectivity index (χ0v) is 17.6.